The van der Waals surface area contributed by atoms with Crippen LogP contribution >= 0.6 is 23.5 Å². The minimum atomic E-state index is 0.282. The summed E-state index contributed by atoms with van der Waals surface area (Å²) < 4.78 is 0. The smallest absolute Gasteiger partial charge is 0.116 e. The van der Waals surface area contributed by atoms with Crippen LogP contribution in [0.1, 0.15) is 0 Å². The molecule has 0 bridgehead atoms. The number of nitrogens with one attached hydrogen (secondary N) is 1. The van der Waals surface area contributed by atoms with E-state index in [4.69, 9.17) is 0 Å². The molecule has 2 nitrogen and oxygen atoms in total. The zero-order valence-electron chi connectivity index (χ0n) is 12.5. The molecule has 0 aromatic heterocycles. The van der Waals surface area contributed by atoms with Gasteiger partial charge in [0.2, 0.25) is 0 Å². The number of fused-ring (bicyclic) bond motifs is 2. The van der Waals surface area contributed by atoms with Crippen LogP contribution in [0.15, 0.2) is 80.2 Å². The highest BCUT2D eigenvalue weighted by Crippen LogP contribution is 2.49. The maximum absolute atomic E-state index is 9.83. The molecule has 0 saturated carbocycles. The summed E-state index contributed by atoms with van der Waals surface area (Å²) in [5.74, 6) is 0.282. The van der Waals surface area contributed by atoms with Gasteiger partial charge >= 0.3 is 0 Å². The molecule has 4 rings (SSSR count). The van der Waals surface area contributed by atoms with Crippen molar-refractivity contribution in [1.82, 2.24) is 0 Å². The van der Waals surface area contributed by atoms with Crippen molar-refractivity contribution < 1.29 is 5.11 Å². The fourth-order valence-electron chi connectivity index (χ4n) is 2.68. The van der Waals surface area contributed by atoms with Crippen LogP contribution < -0.4 is 5.32 Å². The monoisotopic (exact) mass is 337 g/mol. The Bertz CT molecular complexity index is 892. The summed E-state index contributed by atoms with van der Waals surface area (Å²) in [7, 11) is 1.90. The van der Waals surface area contributed by atoms with E-state index < -0.39 is 0 Å². The summed E-state index contributed by atoms with van der Waals surface area (Å²) in [6.45, 7) is 0. The minimum Gasteiger partial charge on any atom is -0.508 e. The van der Waals surface area contributed by atoms with Gasteiger partial charge in [0.25, 0.3) is 0 Å². The third kappa shape index (κ3) is 2.69. The van der Waals surface area contributed by atoms with Gasteiger partial charge in [0.1, 0.15) is 5.75 Å². The first kappa shape index (κ1) is 14.5. The third-order valence-corrected chi connectivity index (χ3v) is 6.36. The number of benzene rings is 3. The minimum absolute atomic E-state index is 0.282. The van der Waals surface area contributed by atoms with Gasteiger partial charge in [-0.05, 0) is 48.0 Å². The van der Waals surface area contributed by atoms with Crippen molar-refractivity contribution in [3.8, 4) is 16.9 Å². The molecule has 0 radical (unpaired) electrons. The first-order valence-corrected chi connectivity index (χ1v) is 8.98. The van der Waals surface area contributed by atoms with Gasteiger partial charge in [-0.25, -0.2) is 0 Å². The molecule has 3 aromatic rings. The maximum Gasteiger partial charge on any atom is 0.116 e. The quantitative estimate of drug-likeness (QED) is 0.458. The van der Waals surface area contributed by atoms with Gasteiger partial charge in [-0.1, -0.05) is 41.7 Å². The molecule has 0 atom stereocenters. The number of phenolic OH excluding ortho intramolecular Hbond substituents is 1. The van der Waals surface area contributed by atoms with Crippen molar-refractivity contribution in [1.29, 1.82) is 0 Å². The summed E-state index contributed by atoms with van der Waals surface area (Å²) in [4.78, 5) is 5.15. The summed E-state index contributed by atoms with van der Waals surface area (Å²) in [6, 6.07) is 20.4. The highest BCUT2D eigenvalue weighted by Gasteiger charge is 2.17. The Labute approximate surface area is 143 Å². The molecule has 0 aliphatic carbocycles. The number of phenols is 1. The van der Waals surface area contributed by atoms with E-state index in [9.17, 15) is 5.11 Å². The van der Waals surface area contributed by atoms with Crippen LogP contribution in [0.3, 0.4) is 0 Å². The first-order chi connectivity index (χ1) is 11.2. The number of aromatic hydroxyl groups is 1. The predicted octanol–water partition coefficient (Wildman–Crippen LogP) is 5.72. The second-order valence-corrected chi connectivity index (χ2v) is 7.46. The Morgan fingerprint density at radius 3 is 2.22 bits per heavy atom. The molecule has 114 valence electrons. The molecule has 23 heavy (non-hydrogen) atoms. The van der Waals surface area contributed by atoms with E-state index in [1.807, 2.05) is 30.9 Å². The lowest BCUT2D eigenvalue weighted by atomic mass is 10.0. The largest absolute Gasteiger partial charge is 0.508 e. The van der Waals surface area contributed by atoms with Crippen molar-refractivity contribution in [2.75, 3.05) is 12.4 Å². The standard InChI is InChI=1S/C19H15NOS2/c1-20-15-8-7-13(21)11-14(15)12-6-9-18-19(10-12)23-17-5-3-2-4-16(17)22-18/h2-11,20-21H,1H3. The van der Waals surface area contributed by atoms with Gasteiger partial charge in [0.15, 0.2) is 0 Å². The number of hydrogen-bond donors (Lipinski definition) is 2. The van der Waals surface area contributed by atoms with Gasteiger partial charge in [-0.3, -0.25) is 0 Å². The van der Waals surface area contributed by atoms with Gasteiger partial charge in [0, 0.05) is 37.9 Å². The average molecular weight is 337 g/mol. The normalized spacial score (nSPS) is 12.4. The second kappa shape index (κ2) is 5.87. The van der Waals surface area contributed by atoms with E-state index in [1.54, 1.807) is 17.8 Å². The highest BCUT2D eigenvalue weighted by molar-refractivity contribution is 8.05. The zero-order valence-corrected chi connectivity index (χ0v) is 14.2. The molecular weight excluding hydrogens is 322 g/mol. The summed E-state index contributed by atoms with van der Waals surface area (Å²) in [5.41, 5.74) is 3.13. The SMILES string of the molecule is CNc1ccc(O)cc1-c1ccc2c(c1)Sc1ccccc1S2. The molecule has 1 heterocycles. The van der Waals surface area contributed by atoms with Crippen LogP contribution in [0, 0.1) is 0 Å². The topological polar surface area (TPSA) is 32.3 Å². The van der Waals surface area contributed by atoms with Crippen LogP contribution in [0.25, 0.3) is 11.1 Å². The molecule has 1 aliphatic heterocycles. The van der Waals surface area contributed by atoms with Crippen molar-refractivity contribution in [2.24, 2.45) is 0 Å². The molecule has 0 amide bonds. The Morgan fingerprint density at radius 1 is 0.783 bits per heavy atom. The van der Waals surface area contributed by atoms with Crippen molar-refractivity contribution >= 4 is 29.2 Å². The van der Waals surface area contributed by atoms with Crippen LogP contribution in [-0.2, 0) is 0 Å². The Kier molecular flexibility index (Phi) is 3.71. The van der Waals surface area contributed by atoms with E-state index in [0.29, 0.717) is 0 Å². The molecule has 0 fully saturated rings. The second-order valence-electron chi connectivity index (χ2n) is 5.29. The number of anilines is 1. The molecule has 4 heteroatoms. The molecule has 1 aliphatic rings. The van der Waals surface area contributed by atoms with Crippen LogP contribution in [0.4, 0.5) is 5.69 Å². The van der Waals surface area contributed by atoms with Gasteiger partial charge < -0.3 is 10.4 Å². The van der Waals surface area contributed by atoms with Gasteiger partial charge in [0.05, 0.1) is 0 Å². The molecular formula is C19H15NOS2. The summed E-state index contributed by atoms with van der Waals surface area (Å²) >= 11 is 3.62. The molecule has 0 spiro atoms. The van der Waals surface area contributed by atoms with Gasteiger partial charge in [-0.2, -0.15) is 0 Å². The maximum atomic E-state index is 9.83. The lowest BCUT2D eigenvalue weighted by molar-refractivity contribution is 0.475. The molecule has 3 aromatic carbocycles. The molecule has 0 unspecified atom stereocenters. The zero-order chi connectivity index (χ0) is 15.8. The average Bonchev–Trinajstić information content (AvgIpc) is 2.59. The van der Waals surface area contributed by atoms with E-state index in [2.05, 4.69) is 47.8 Å². The van der Waals surface area contributed by atoms with Crippen molar-refractivity contribution in [3.63, 3.8) is 0 Å². The van der Waals surface area contributed by atoms with Crippen LogP contribution in [0.2, 0.25) is 0 Å². The Hall–Kier alpha value is -2.04. The van der Waals surface area contributed by atoms with Crippen LogP contribution in [-0.4, -0.2) is 12.2 Å². The number of hydrogen-bond acceptors (Lipinski definition) is 4. The van der Waals surface area contributed by atoms with Crippen molar-refractivity contribution in [3.05, 3.63) is 60.7 Å². The van der Waals surface area contributed by atoms with Crippen molar-refractivity contribution in [2.45, 2.75) is 19.6 Å². The van der Waals surface area contributed by atoms with Gasteiger partial charge in [-0.15, -0.1) is 0 Å². The fraction of sp³-hybridized carbons (Fsp3) is 0.0526. The highest BCUT2D eigenvalue weighted by atomic mass is 32.2. The Balaban J connectivity index is 1.79. The Morgan fingerprint density at radius 2 is 1.48 bits per heavy atom. The third-order valence-electron chi connectivity index (χ3n) is 3.82. The van der Waals surface area contributed by atoms with E-state index in [1.165, 1.54) is 19.6 Å². The molecule has 2 N–H and O–H groups in total. The van der Waals surface area contributed by atoms with Crippen LogP contribution in [0.5, 0.6) is 5.75 Å². The summed E-state index contributed by atoms with van der Waals surface area (Å²) in [6.07, 6.45) is 0. The lowest BCUT2D eigenvalue weighted by Gasteiger charge is -2.19. The first-order valence-electron chi connectivity index (χ1n) is 7.34. The fourth-order valence-corrected chi connectivity index (χ4v) is 4.94. The molecule has 0 saturated heterocycles. The number of rotatable bonds is 2. The predicted molar refractivity (Wildman–Crippen MR) is 97.8 cm³/mol. The van der Waals surface area contributed by atoms with E-state index >= 15 is 0 Å². The summed E-state index contributed by atoms with van der Waals surface area (Å²) in [5, 5.41) is 13.0. The van der Waals surface area contributed by atoms with E-state index in [0.717, 1.165) is 16.8 Å². The van der Waals surface area contributed by atoms with E-state index in [-0.39, 0.29) is 5.75 Å². The lowest BCUT2D eigenvalue weighted by Crippen LogP contribution is -1.93.